The van der Waals surface area contributed by atoms with Crippen molar-refractivity contribution in [2.75, 3.05) is 73.7 Å². The van der Waals surface area contributed by atoms with Crippen molar-refractivity contribution in [2.24, 2.45) is 0 Å². The molecular formula is C33H40N2O11S. The van der Waals surface area contributed by atoms with Gasteiger partial charge in [0.05, 0.1) is 40.7 Å². The quantitative estimate of drug-likeness (QED) is 0.183. The van der Waals surface area contributed by atoms with E-state index in [1.54, 1.807) is 57.2 Å². The Kier molecular flexibility index (Phi) is 13.8. The average Bonchev–Trinajstić information content (AvgIpc) is 3.08. The average molecular weight is 673 g/mol. The van der Waals surface area contributed by atoms with E-state index in [1.807, 2.05) is 56.6 Å². The summed E-state index contributed by atoms with van der Waals surface area (Å²) >= 11 is 1.54. The zero-order chi connectivity index (χ0) is 34.5. The highest BCUT2D eigenvalue weighted by Crippen LogP contribution is 2.48. The minimum absolute atomic E-state index is 0.0126. The Bertz CT molecular complexity index is 1500. The number of carbonyl (C=O) groups excluding carboxylic acids is 1. The van der Waals surface area contributed by atoms with E-state index in [-0.39, 0.29) is 5.91 Å². The van der Waals surface area contributed by atoms with Gasteiger partial charge in [0.15, 0.2) is 11.5 Å². The van der Waals surface area contributed by atoms with Crippen LogP contribution in [0.4, 0.5) is 5.69 Å². The SMILES string of the molecule is COc1ccc(OCCCN(C)CCOc2cc(OC)c(OC)c(OC)c2)c(C2Sc3ccccc3N(C)C2=O)c1.O=C(O)C(=O)O. The van der Waals surface area contributed by atoms with Crippen LogP contribution in [0, 0.1) is 0 Å². The third-order valence-electron chi connectivity index (χ3n) is 7.03. The number of nitrogens with zero attached hydrogens (tertiary/aromatic N) is 2. The molecule has 1 heterocycles. The fraction of sp³-hybridized carbons (Fsp3) is 0.364. The number of carboxylic acids is 2. The van der Waals surface area contributed by atoms with E-state index < -0.39 is 17.2 Å². The number of fused-ring (bicyclic) bond motifs is 1. The number of methoxy groups -OCH3 is 4. The van der Waals surface area contributed by atoms with Crippen LogP contribution < -0.4 is 33.3 Å². The summed E-state index contributed by atoms with van der Waals surface area (Å²) in [4.78, 5) is 36.5. The lowest BCUT2D eigenvalue weighted by Crippen LogP contribution is -2.33. The Labute approximate surface area is 277 Å². The molecule has 254 valence electrons. The van der Waals surface area contributed by atoms with Gasteiger partial charge in [0.1, 0.15) is 29.1 Å². The second-order valence-electron chi connectivity index (χ2n) is 10.1. The lowest BCUT2D eigenvalue weighted by Gasteiger charge is -2.32. The van der Waals surface area contributed by atoms with Crippen LogP contribution in [-0.2, 0) is 14.4 Å². The number of thioether (sulfide) groups is 1. The van der Waals surface area contributed by atoms with E-state index >= 15 is 0 Å². The Balaban J connectivity index is 0.000000913. The molecule has 3 aromatic rings. The fourth-order valence-corrected chi connectivity index (χ4v) is 5.89. The maximum atomic E-state index is 13.3. The van der Waals surface area contributed by atoms with Crippen LogP contribution in [0.5, 0.6) is 34.5 Å². The predicted octanol–water partition coefficient (Wildman–Crippen LogP) is 4.47. The number of carboxylic acid groups (broad SMARTS) is 2. The van der Waals surface area contributed by atoms with Crippen LogP contribution in [0.2, 0.25) is 0 Å². The lowest BCUT2D eigenvalue weighted by molar-refractivity contribution is -0.159. The van der Waals surface area contributed by atoms with Gasteiger partial charge < -0.3 is 48.4 Å². The van der Waals surface area contributed by atoms with Gasteiger partial charge in [-0.05, 0) is 43.8 Å². The summed E-state index contributed by atoms with van der Waals surface area (Å²) in [5.74, 6) is 0.0221. The number of aliphatic carboxylic acids is 2. The molecule has 14 heteroatoms. The molecule has 0 aromatic heterocycles. The minimum atomic E-state index is -1.82. The second kappa shape index (κ2) is 17.8. The molecule has 0 saturated heterocycles. The van der Waals surface area contributed by atoms with Crippen molar-refractivity contribution in [1.29, 1.82) is 0 Å². The zero-order valence-electron chi connectivity index (χ0n) is 27.2. The molecule has 13 nitrogen and oxygen atoms in total. The summed E-state index contributed by atoms with van der Waals surface area (Å²) in [5.41, 5.74) is 1.73. The van der Waals surface area contributed by atoms with Gasteiger partial charge in [-0.2, -0.15) is 0 Å². The summed E-state index contributed by atoms with van der Waals surface area (Å²) in [6, 6.07) is 17.2. The van der Waals surface area contributed by atoms with E-state index in [2.05, 4.69) is 4.90 Å². The number of hydrogen-bond acceptors (Lipinski definition) is 11. The van der Waals surface area contributed by atoms with Gasteiger partial charge in [0.2, 0.25) is 11.7 Å². The minimum Gasteiger partial charge on any atom is -0.497 e. The summed E-state index contributed by atoms with van der Waals surface area (Å²) in [6.07, 6.45) is 0.806. The number of carbonyl (C=O) groups is 3. The van der Waals surface area contributed by atoms with Gasteiger partial charge in [0, 0.05) is 42.7 Å². The van der Waals surface area contributed by atoms with Gasteiger partial charge in [0.25, 0.3) is 0 Å². The molecule has 47 heavy (non-hydrogen) atoms. The number of amides is 1. The number of para-hydroxylation sites is 1. The molecule has 4 rings (SSSR count). The van der Waals surface area contributed by atoms with E-state index in [9.17, 15) is 4.79 Å². The third-order valence-corrected chi connectivity index (χ3v) is 8.32. The number of anilines is 1. The normalized spacial score (nSPS) is 13.6. The third kappa shape index (κ3) is 9.83. The maximum absolute atomic E-state index is 13.3. The van der Waals surface area contributed by atoms with Crippen molar-refractivity contribution in [3.8, 4) is 34.5 Å². The van der Waals surface area contributed by atoms with Crippen molar-refractivity contribution in [2.45, 2.75) is 16.6 Å². The van der Waals surface area contributed by atoms with Crippen LogP contribution in [0.15, 0.2) is 59.5 Å². The van der Waals surface area contributed by atoms with Crippen LogP contribution in [0.3, 0.4) is 0 Å². The van der Waals surface area contributed by atoms with Crippen molar-refractivity contribution >= 4 is 35.3 Å². The maximum Gasteiger partial charge on any atom is 0.414 e. The van der Waals surface area contributed by atoms with Crippen molar-refractivity contribution < 1.29 is 53.0 Å². The molecule has 0 fully saturated rings. The molecule has 0 aliphatic carbocycles. The van der Waals surface area contributed by atoms with Crippen LogP contribution in [0.1, 0.15) is 17.2 Å². The van der Waals surface area contributed by atoms with E-state index in [1.165, 1.54) is 0 Å². The summed E-state index contributed by atoms with van der Waals surface area (Å²) in [7, 11) is 10.2. The van der Waals surface area contributed by atoms with Gasteiger partial charge in [-0.15, -0.1) is 11.8 Å². The molecule has 1 atom stereocenters. The van der Waals surface area contributed by atoms with Crippen molar-refractivity contribution in [3.05, 3.63) is 60.2 Å². The molecule has 2 N–H and O–H groups in total. The van der Waals surface area contributed by atoms with Crippen molar-refractivity contribution in [1.82, 2.24) is 4.90 Å². The van der Waals surface area contributed by atoms with Crippen LogP contribution >= 0.6 is 11.8 Å². The smallest absolute Gasteiger partial charge is 0.414 e. The predicted molar refractivity (Wildman–Crippen MR) is 176 cm³/mol. The Morgan fingerprint density at radius 2 is 1.47 bits per heavy atom. The summed E-state index contributed by atoms with van der Waals surface area (Å²) in [6.45, 7) is 2.55. The largest absolute Gasteiger partial charge is 0.497 e. The van der Waals surface area contributed by atoms with E-state index in [0.717, 1.165) is 35.7 Å². The number of rotatable bonds is 14. The lowest BCUT2D eigenvalue weighted by atomic mass is 10.1. The first-order chi connectivity index (χ1) is 22.5. The summed E-state index contributed by atoms with van der Waals surface area (Å²) < 4.78 is 33.8. The highest BCUT2D eigenvalue weighted by Gasteiger charge is 2.34. The molecule has 0 spiro atoms. The first kappa shape index (κ1) is 36.6. The molecule has 1 aliphatic rings. The second-order valence-corrected chi connectivity index (χ2v) is 11.2. The zero-order valence-corrected chi connectivity index (χ0v) is 28.0. The summed E-state index contributed by atoms with van der Waals surface area (Å²) in [5, 5.41) is 14.4. The number of ether oxygens (including phenoxy) is 6. The molecule has 1 amide bonds. The molecular weight excluding hydrogens is 632 g/mol. The van der Waals surface area contributed by atoms with Crippen LogP contribution in [0.25, 0.3) is 0 Å². The van der Waals surface area contributed by atoms with Crippen LogP contribution in [-0.4, -0.2) is 102 Å². The Morgan fingerprint density at radius 3 is 2.06 bits per heavy atom. The van der Waals surface area contributed by atoms with Gasteiger partial charge in [-0.25, -0.2) is 9.59 Å². The van der Waals surface area contributed by atoms with Crippen molar-refractivity contribution in [3.63, 3.8) is 0 Å². The standard InChI is InChI=1S/C31H38N2O7S.C2H2O4/c1-32(15-17-39-22-19-26(36-4)29(38-6)27(20-22)37-5)14-9-16-40-25-13-12-21(35-3)18-23(25)30-31(34)33(2)24-10-7-8-11-28(24)41-30;3-1(4)2(5)6/h7-8,10-13,18-20,30H,9,14-17H2,1-6H3;(H,3,4)(H,5,6). The molecule has 3 aromatic carbocycles. The Hall–Kier alpha value is -4.82. The highest BCUT2D eigenvalue weighted by atomic mass is 32.2. The first-order valence-electron chi connectivity index (χ1n) is 14.5. The molecule has 0 bridgehead atoms. The van der Waals surface area contributed by atoms with Gasteiger partial charge in [-0.3, -0.25) is 4.79 Å². The monoisotopic (exact) mass is 672 g/mol. The van der Waals surface area contributed by atoms with E-state index in [4.69, 9.17) is 48.2 Å². The first-order valence-corrected chi connectivity index (χ1v) is 15.3. The molecule has 1 unspecified atom stereocenters. The Morgan fingerprint density at radius 1 is 0.809 bits per heavy atom. The number of benzene rings is 3. The molecule has 1 aliphatic heterocycles. The topological polar surface area (TPSA) is 154 Å². The highest BCUT2D eigenvalue weighted by molar-refractivity contribution is 8.00. The van der Waals surface area contributed by atoms with Gasteiger partial charge >= 0.3 is 11.9 Å². The van der Waals surface area contributed by atoms with Gasteiger partial charge in [-0.1, -0.05) is 12.1 Å². The fourth-order valence-electron chi connectivity index (χ4n) is 4.58. The molecule has 0 radical (unpaired) electrons. The molecule has 0 saturated carbocycles. The number of likely N-dealkylation sites (N-methyl/N-ethyl adjacent to an activating group) is 2. The van der Waals surface area contributed by atoms with E-state index in [0.29, 0.717) is 47.7 Å². The number of hydrogen-bond donors (Lipinski definition) is 2.